The predicted octanol–water partition coefficient (Wildman–Crippen LogP) is 3.15. The molecule has 2 atom stereocenters. The van der Waals surface area contributed by atoms with Crippen LogP contribution in [0, 0.1) is 0 Å². The molecule has 1 aliphatic heterocycles. The van der Waals surface area contributed by atoms with Crippen molar-refractivity contribution in [3.63, 3.8) is 0 Å². The zero-order chi connectivity index (χ0) is 19.8. The molecule has 2 unspecified atom stereocenters. The first-order valence-corrected chi connectivity index (χ1v) is 10.9. The lowest BCUT2D eigenvalue weighted by Crippen LogP contribution is -2.45. The maximum absolute atomic E-state index is 12.8. The Morgan fingerprint density at radius 2 is 1.93 bits per heavy atom. The van der Waals surface area contributed by atoms with E-state index in [4.69, 9.17) is 11.6 Å². The lowest BCUT2D eigenvalue weighted by molar-refractivity contribution is -0.0622. The monoisotopic (exact) mass is 426 g/mol. The van der Waals surface area contributed by atoms with Crippen LogP contribution < -0.4 is 4.72 Å². The van der Waals surface area contributed by atoms with Gasteiger partial charge in [0.15, 0.2) is 5.72 Å². The average molecular weight is 427 g/mol. The fourth-order valence-electron chi connectivity index (χ4n) is 2.94. The van der Waals surface area contributed by atoms with Crippen LogP contribution in [0.3, 0.4) is 0 Å². The van der Waals surface area contributed by atoms with E-state index in [-0.39, 0.29) is 21.7 Å². The van der Waals surface area contributed by atoms with Gasteiger partial charge in [0.1, 0.15) is 4.90 Å². The highest BCUT2D eigenvalue weighted by atomic mass is 35.5. The number of sulfonamides is 1. The minimum absolute atomic E-state index is 0.0372. The molecule has 1 amide bonds. The number of hydrogen-bond acceptors (Lipinski definition) is 5. The number of carbonyl (C=O) groups excluding carboxylic acids is 1. The molecular formula is C18H19ClN2O4S2. The van der Waals surface area contributed by atoms with Gasteiger partial charge in [0, 0.05) is 19.2 Å². The summed E-state index contributed by atoms with van der Waals surface area (Å²) in [6, 6.07) is 13.4. The van der Waals surface area contributed by atoms with Gasteiger partial charge in [0.05, 0.1) is 10.3 Å². The van der Waals surface area contributed by atoms with Gasteiger partial charge in [-0.05, 0) is 24.6 Å². The van der Waals surface area contributed by atoms with Crippen LogP contribution in [-0.2, 0) is 22.3 Å². The molecule has 144 valence electrons. The molecule has 1 heterocycles. The summed E-state index contributed by atoms with van der Waals surface area (Å²) in [6.45, 7) is 1.82. The van der Waals surface area contributed by atoms with E-state index in [1.54, 1.807) is 19.1 Å². The first-order chi connectivity index (χ1) is 12.7. The van der Waals surface area contributed by atoms with Crippen molar-refractivity contribution in [3.8, 4) is 0 Å². The van der Waals surface area contributed by atoms with E-state index in [9.17, 15) is 18.3 Å². The van der Waals surface area contributed by atoms with Crippen LogP contribution in [-0.4, -0.2) is 36.0 Å². The highest BCUT2D eigenvalue weighted by Gasteiger charge is 2.50. The fourth-order valence-corrected chi connectivity index (χ4v) is 5.54. The van der Waals surface area contributed by atoms with Gasteiger partial charge < -0.3 is 10.0 Å². The van der Waals surface area contributed by atoms with Crippen molar-refractivity contribution in [2.75, 3.05) is 7.05 Å². The van der Waals surface area contributed by atoms with E-state index >= 15 is 0 Å². The van der Waals surface area contributed by atoms with Crippen molar-refractivity contribution >= 4 is 38.6 Å². The number of hydrogen-bond donors (Lipinski definition) is 2. The maximum atomic E-state index is 12.8. The number of rotatable bonds is 5. The van der Waals surface area contributed by atoms with Crippen molar-refractivity contribution in [2.45, 2.75) is 29.3 Å². The van der Waals surface area contributed by atoms with Gasteiger partial charge in [-0.25, -0.2) is 13.1 Å². The van der Waals surface area contributed by atoms with Gasteiger partial charge >= 0.3 is 0 Å². The molecule has 0 radical (unpaired) electrons. The Morgan fingerprint density at radius 3 is 2.52 bits per heavy atom. The number of carbonyl (C=O) groups is 1. The van der Waals surface area contributed by atoms with Crippen LogP contribution in [0.2, 0.25) is 5.02 Å². The molecule has 2 aromatic carbocycles. The zero-order valence-electron chi connectivity index (χ0n) is 14.7. The third kappa shape index (κ3) is 3.72. The first kappa shape index (κ1) is 20.2. The van der Waals surface area contributed by atoms with Crippen molar-refractivity contribution < 1.29 is 18.3 Å². The molecule has 1 fully saturated rings. The Labute approximate surface area is 167 Å². The number of halogens is 1. The van der Waals surface area contributed by atoms with E-state index < -0.39 is 21.0 Å². The van der Waals surface area contributed by atoms with Crippen LogP contribution in [0.4, 0.5) is 4.79 Å². The topological polar surface area (TPSA) is 86.7 Å². The van der Waals surface area contributed by atoms with Crippen LogP contribution in [0.25, 0.3) is 0 Å². The normalized spacial score (nSPS) is 23.0. The Bertz CT molecular complexity index is 969. The summed E-state index contributed by atoms with van der Waals surface area (Å²) in [5, 5.41) is 10.4. The molecule has 0 aliphatic carbocycles. The van der Waals surface area contributed by atoms with Gasteiger partial charge in [0.25, 0.3) is 5.24 Å². The molecule has 0 bridgehead atoms. The van der Waals surface area contributed by atoms with Crippen molar-refractivity contribution in [1.29, 1.82) is 0 Å². The molecule has 0 spiro atoms. The number of amides is 1. The number of benzene rings is 2. The minimum Gasteiger partial charge on any atom is -0.366 e. The Morgan fingerprint density at radius 1 is 1.26 bits per heavy atom. The molecule has 0 saturated carbocycles. The second-order valence-electron chi connectivity index (χ2n) is 6.27. The molecule has 1 aliphatic rings. The molecule has 9 heteroatoms. The van der Waals surface area contributed by atoms with E-state index in [2.05, 4.69) is 4.72 Å². The first-order valence-electron chi connectivity index (χ1n) is 8.16. The second-order valence-corrected chi connectivity index (χ2v) is 9.70. The summed E-state index contributed by atoms with van der Waals surface area (Å²) in [6.07, 6.45) is 0. The lowest BCUT2D eigenvalue weighted by Gasteiger charge is -2.33. The van der Waals surface area contributed by atoms with Gasteiger partial charge in [-0.2, -0.15) is 0 Å². The number of nitrogens with zero attached hydrogens (tertiary/aromatic N) is 1. The summed E-state index contributed by atoms with van der Waals surface area (Å²) < 4.78 is 28.0. The molecule has 6 nitrogen and oxygen atoms in total. The molecule has 3 rings (SSSR count). The van der Waals surface area contributed by atoms with Crippen molar-refractivity contribution in [3.05, 3.63) is 64.7 Å². The Kier molecular flexibility index (Phi) is 5.56. The van der Waals surface area contributed by atoms with Gasteiger partial charge in [0.2, 0.25) is 10.0 Å². The molecule has 0 aromatic heterocycles. The molecule has 2 aromatic rings. The van der Waals surface area contributed by atoms with Crippen LogP contribution in [0.15, 0.2) is 53.4 Å². The second kappa shape index (κ2) is 7.44. The predicted molar refractivity (Wildman–Crippen MR) is 106 cm³/mol. The van der Waals surface area contributed by atoms with Gasteiger partial charge in [-0.3, -0.25) is 4.79 Å². The van der Waals surface area contributed by atoms with Crippen LogP contribution >= 0.6 is 23.4 Å². The standard InChI is InChI=1S/C18H19ClN2O4S2/c1-12-18(23,21(2)17(22)26-12)14-8-9-15(19)16(10-14)27(24,25)20-11-13-6-4-3-5-7-13/h3-10,12,20,23H,11H2,1-2H3. The van der Waals surface area contributed by atoms with E-state index in [1.165, 1.54) is 30.1 Å². The molecule has 2 N–H and O–H groups in total. The number of nitrogens with one attached hydrogen (secondary N) is 1. The number of aliphatic hydroxyl groups is 1. The number of thioether (sulfide) groups is 1. The van der Waals surface area contributed by atoms with E-state index in [0.29, 0.717) is 5.56 Å². The third-order valence-corrected chi connectivity index (χ3v) is 7.62. The molecular weight excluding hydrogens is 408 g/mol. The molecule has 1 saturated heterocycles. The SMILES string of the molecule is CC1SC(=O)N(C)C1(O)c1ccc(Cl)c(S(=O)(=O)NCc2ccccc2)c1. The molecule has 27 heavy (non-hydrogen) atoms. The summed E-state index contributed by atoms with van der Waals surface area (Å²) in [4.78, 5) is 13.0. The smallest absolute Gasteiger partial charge is 0.284 e. The summed E-state index contributed by atoms with van der Waals surface area (Å²) in [5.41, 5.74) is -0.519. The lowest BCUT2D eigenvalue weighted by atomic mass is 9.99. The van der Waals surface area contributed by atoms with E-state index in [0.717, 1.165) is 17.3 Å². The van der Waals surface area contributed by atoms with Crippen molar-refractivity contribution in [1.82, 2.24) is 9.62 Å². The van der Waals surface area contributed by atoms with Gasteiger partial charge in [-0.15, -0.1) is 0 Å². The summed E-state index contributed by atoms with van der Waals surface area (Å²) in [7, 11) is -2.44. The maximum Gasteiger partial charge on any atom is 0.284 e. The highest BCUT2D eigenvalue weighted by molar-refractivity contribution is 8.14. The Balaban J connectivity index is 1.95. The summed E-state index contributed by atoms with van der Waals surface area (Å²) in [5.74, 6) is 0. The zero-order valence-corrected chi connectivity index (χ0v) is 17.1. The van der Waals surface area contributed by atoms with E-state index in [1.807, 2.05) is 18.2 Å². The average Bonchev–Trinajstić information content (AvgIpc) is 2.85. The van der Waals surface area contributed by atoms with Gasteiger partial charge in [-0.1, -0.05) is 59.8 Å². The minimum atomic E-state index is -3.92. The summed E-state index contributed by atoms with van der Waals surface area (Å²) >= 11 is 7.12. The van der Waals surface area contributed by atoms with Crippen LogP contribution in [0.5, 0.6) is 0 Å². The van der Waals surface area contributed by atoms with Crippen LogP contribution in [0.1, 0.15) is 18.1 Å². The third-order valence-electron chi connectivity index (χ3n) is 4.58. The Hall–Kier alpha value is -1.58. The fraction of sp³-hybridized carbons (Fsp3) is 0.278. The quantitative estimate of drug-likeness (QED) is 0.766. The highest BCUT2D eigenvalue weighted by Crippen LogP contribution is 2.44. The largest absolute Gasteiger partial charge is 0.366 e. The van der Waals surface area contributed by atoms with Crippen molar-refractivity contribution in [2.24, 2.45) is 0 Å².